The standard InChI is InChI=1S/C10H20N2O3S/c1-16(14,15)6-5-12-10(13)7-8-3-2-4-9(8)11/h8-9H,2-7,11H2,1H3,(H,12,13)/t8-,9+/m0/s1. The van der Waals surface area contributed by atoms with Gasteiger partial charge in [0.25, 0.3) is 0 Å². The third-order valence-electron chi connectivity index (χ3n) is 2.96. The molecule has 0 spiro atoms. The van der Waals surface area contributed by atoms with Crippen LogP contribution in [0.3, 0.4) is 0 Å². The van der Waals surface area contributed by atoms with Crippen molar-refractivity contribution in [1.82, 2.24) is 5.32 Å². The van der Waals surface area contributed by atoms with Crippen molar-refractivity contribution in [1.29, 1.82) is 0 Å². The van der Waals surface area contributed by atoms with Gasteiger partial charge in [-0.3, -0.25) is 4.79 Å². The summed E-state index contributed by atoms with van der Waals surface area (Å²) >= 11 is 0. The van der Waals surface area contributed by atoms with Crippen LogP contribution < -0.4 is 11.1 Å². The molecule has 0 aliphatic heterocycles. The summed E-state index contributed by atoms with van der Waals surface area (Å²) in [7, 11) is -3.00. The number of nitrogens with two attached hydrogens (primary N) is 1. The van der Waals surface area contributed by atoms with Crippen LogP contribution in [0.4, 0.5) is 0 Å². The number of sulfone groups is 1. The van der Waals surface area contributed by atoms with Gasteiger partial charge in [0.15, 0.2) is 0 Å². The van der Waals surface area contributed by atoms with Gasteiger partial charge in [-0.05, 0) is 18.8 Å². The maximum Gasteiger partial charge on any atom is 0.220 e. The molecule has 5 nitrogen and oxygen atoms in total. The first-order chi connectivity index (χ1) is 7.38. The van der Waals surface area contributed by atoms with E-state index in [9.17, 15) is 13.2 Å². The van der Waals surface area contributed by atoms with Crippen LogP contribution >= 0.6 is 0 Å². The van der Waals surface area contributed by atoms with E-state index in [1.54, 1.807) is 0 Å². The first kappa shape index (κ1) is 13.4. The summed E-state index contributed by atoms with van der Waals surface area (Å²) in [5, 5.41) is 2.61. The largest absolute Gasteiger partial charge is 0.355 e. The number of rotatable bonds is 5. The third-order valence-corrected chi connectivity index (χ3v) is 3.91. The molecule has 1 aliphatic carbocycles. The average molecular weight is 248 g/mol. The molecule has 0 saturated heterocycles. The molecule has 0 radical (unpaired) electrons. The van der Waals surface area contributed by atoms with Gasteiger partial charge >= 0.3 is 0 Å². The Balaban J connectivity index is 2.21. The van der Waals surface area contributed by atoms with Crippen LogP contribution in [0.15, 0.2) is 0 Å². The molecule has 0 bridgehead atoms. The summed E-state index contributed by atoms with van der Waals surface area (Å²) in [4.78, 5) is 11.5. The Morgan fingerprint density at radius 2 is 2.12 bits per heavy atom. The van der Waals surface area contributed by atoms with E-state index in [-0.39, 0.29) is 30.2 Å². The molecule has 1 aliphatic rings. The van der Waals surface area contributed by atoms with Gasteiger partial charge in [0, 0.05) is 25.3 Å². The number of carbonyl (C=O) groups is 1. The van der Waals surface area contributed by atoms with Gasteiger partial charge in [-0.25, -0.2) is 8.42 Å². The van der Waals surface area contributed by atoms with E-state index in [2.05, 4.69) is 5.32 Å². The highest BCUT2D eigenvalue weighted by Crippen LogP contribution is 2.26. The second-order valence-corrected chi connectivity index (χ2v) is 6.80. The van der Waals surface area contributed by atoms with E-state index in [0.717, 1.165) is 25.5 Å². The summed E-state index contributed by atoms with van der Waals surface area (Å²) in [5.41, 5.74) is 5.85. The fourth-order valence-corrected chi connectivity index (χ4v) is 2.48. The van der Waals surface area contributed by atoms with Crippen molar-refractivity contribution in [3.05, 3.63) is 0 Å². The fraction of sp³-hybridized carbons (Fsp3) is 0.900. The van der Waals surface area contributed by atoms with Crippen LogP contribution in [-0.2, 0) is 14.6 Å². The number of carbonyl (C=O) groups excluding carboxylic acids is 1. The Morgan fingerprint density at radius 3 is 2.62 bits per heavy atom. The van der Waals surface area contributed by atoms with Gasteiger partial charge in [0.1, 0.15) is 9.84 Å². The molecule has 1 rings (SSSR count). The van der Waals surface area contributed by atoms with Gasteiger partial charge in [-0.2, -0.15) is 0 Å². The molecule has 1 fully saturated rings. The van der Waals surface area contributed by atoms with E-state index in [1.165, 1.54) is 0 Å². The number of hydrogen-bond donors (Lipinski definition) is 2. The SMILES string of the molecule is CS(=O)(=O)CCNC(=O)C[C@@H]1CCC[C@H]1N. The van der Waals surface area contributed by atoms with Gasteiger partial charge < -0.3 is 11.1 Å². The smallest absolute Gasteiger partial charge is 0.220 e. The van der Waals surface area contributed by atoms with Crippen molar-refractivity contribution in [3.63, 3.8) is 0 Å². The van der Waals surface area contributed by atoms with E-state index < -0.39 is 9.84 Å². The lowest BCUT2D eigenvalue weighted by molar-refractivity contribution is -0.121. The van der Waals surface area contributed by atoms with Crippen LogP contribution in [0.25, 0.3) is 0 Å². The Hall–Kier alpha value is -0.620. The van der Waals surface area contributed by atoms with Crippen molar-refractivity contribution in [2.24, 2.45) is 11.7 Å². The molecule has 0 heterocycles. The molecule has 6 heteroatoms. The van der Waals surface area contributed by atoms with E-state index in [0.29, 0.717) is 6.42 Å². The van der Waals surface area contributed by atoms with Crippen molar-refractivity contribution in [3.8, 4) is 0 Å². The molecule has 1 saturated carbocycles. The highest BCUT2D eigenvalue weighted by Gasteiger charge is 2.25. The minimum absolute atomic E-state index is 0.00450. The molecule has 1 amide bonds. The second kappa shape index (κ2) is 5.63. The minimum Gasteiger partial charge on any atom is -0.355 e. The Morgan fingerprint density at radius 1 is 1.44 bits per heavy atom. The van der Waals surface area contributed by atoms with Crippen LogP contribution in [0.5, 0.6) is 0 Å². The summed E-state index contributed by atoms with van der Waals surface area (Å²) in [6, 6.07) is 0.126. The molecular formula is C10H20N2O3S. The molecule has 0 aromatic heterocycles. The zero-order valence-corrected chi connectivity index (χ0v) is 10.4. The summed E-state index contributed by atoms with van der Waals surface area (Å²) < 4.78 is 21.7. The predicted octanol–water partition coefficient (Wildman–Crippen LogP) is -0.335. The Labute approximate surface area is 96.7 Å². The van der Waals surface area contributed by atoms with Crippen LogP contribution in [0, 0.1) is 5.92 Å². The summed E-state index contributed by atoms with van der Waals surface area (Å²) in [5.74, 6) is 0.166. The lowest BCUT2D eigenvalue weighted by Gasteiger charge is -2.14. The number of amides is 1. The van der Waals surface area contributed by atoms with Crippen molar-refractivity contribution in [2.75, 3.05) is 18.6 Å². The molecule has 0 aromatic carbocycles. The van der Waals surface area contributed by atoms with E-state index in [4.69, 9.17) is 5.73 Å². The third kappa shape index (κ3) is 4.94. The maximum atomic E-state index is 11.5. The summed E-state index contributed by atoms with van der Waals surface area (Å²) in [6.07, 6.45) is 4.65. The fourth-order valence-electron chi connectivity index (χ4n) is 2.01. The normalized spacial score (nSPS) is 25.6. The highest BCUT2D eigenvalue weighted by atomic mass is 32.2. The first-order valence-electron chi connectivity index (χ1n) is 5.58. The number of hydrogen-bond acceptors (Lipinski definition) is 4. The second-order valence-electron chi connectivity index (χ2n) is 4.54. The first-order valence-corrected chi connectivity index (χ1v) is 7.64. The molecule has 16 heavy (non-hydrogen) atoms. The van der Waals surface area contributed by atoms with E-state index >= 15 is 0 Å². The maximum absolute atomic E-state index is 11.5. The van der Waals surface area contributed by atoms with Crippen LogP contribution in [0.2, 0.25) is 0 Å². The van der Waals surface area contributed by atoms with Crippen molar-refractivity contribution in [2.45, 2.75) is 31.7 Å². The van der Waals surface area contributed by atoms with Crippen molar-refractivity contribution < 1.29 is 13.2 Å². The van der Waals surface area contributed by atoms with Gasteiger partial charge in [0.05, 0.1) is 5.75 Å². The highest BCUT2D eigenvalue weighted by molar-refractivity contribution is 7.90. The molecule has 0 aromatic rings. The van der Waals surface area contributed by atoms with Gasteiger partial charge in [-0.1, -0.05) is 6.42 Å². The zero-order chi connectivity index (χ0) is 12.2. The Kier molecular flexibility index (Phi) is 4.73. The monoisotopic (exact) mass is 248 g/mol. The average Bonchev–Trinajstić information content (AvgIpc) is 2.49. The molecular weight excluding hydrogens is 228 g/mol. The van der Waals surface area contributed by atoms with E-state index in [1.807, 2.05) is 0 Å². The number of nitrogens with one attached hydrogen (secondary N) is 1. The van der Waals surface area contributed by atoms with Crippen LogP contribution in [0.1, 0.15) is 25.7 Å². The van der Waals surface area contributed by atoms with Gasteiger partial charge in [-0.15, -0.1) is 0 Å². The summed E-state index contributed by atoms with van der Waals surface area (Å²) in [6.45, 7) is 0.194. The lowest BCUT2D eigenvalue weighted by Crippen LogP contribution is -2.33. The minimum atomic E-state index is -3.00. The van der Waals surface area contributed by atoms with Crippen molar-refractivity contribution >= 4 is 15.7 Å². The quantitative estimate of drug-likeness (QED) is 0.697. The predicted molar refractivity (Wildman–Crippen MR) is 62.7 cm³/mol. The lowest BCUT2D eigenvalue weighted by atomic mass is 10.00. The zero-order valence-electron chi connectivity index (χ0n) is 9.61. The van der Waals surface area contributed by atoms with Gasteiger partial charge in [0.2, 0.25) is 5.91 Å². The van der Waals surface area contributed by atoms with Crippen LogP contribution in [-0.4, -0.2) is 38.9 Å². The topological polar surface area (TPSA) is 89.3 Å². The molecule has 3 N–H and O–H groups in total. The molecule has 0 unspecified atom stereocenters. The molecule has 2 atom stereocenters. The molecule has 94 valence electrons. The Bertz CT molecular complexity index is 340.